The summed E-state index contributed by atoms with van der Waals surface area (Å²) in [5.74, 6) is 0.312. The Morgan fingerprint density at radius 3 is 2.83 bits per heavy atom. The molecule has 18 heavy (non-hydrogen) atoms. The average molecular weight is 269 g/mol. The van der Waals surface area contributed by atoms with Crippen molar-refractivity contribution in [3.63, 3.8) is 0 Å². The van der Waals surface area contributed by atoms with E-state index in [1.165, 1.54) is 32.5 Å². The van der Waals surface area contributed by atoms with E-state index >= 15 is 0 Å². The number of benzene rings is 1. The maximum atomic E-state index is 9.66. The highest BCUT2D eigenvalue weighted by atomic mass is 35.5. The second-order valence-corrected chi connectivity index (χ2v) is 5.29. The number of hydrogen-bond donors (Lipinski definition) is 2. The highest BCUT2D eigenvalue weighted by molar-refractivity contribution is 6.30. The lowest BCUT2D eigenvalue weighted by Crippen LogP contribution is -2.24. The van der Waals surface area contributed by atoms with Gasteiger partial charge in [-0.15, -0.1) is 0 Å². The standard InChI is InChI=1S/C14H21ClN2O/c15-13-4-5-14(18)12(10-13)11-16-6-3-9-17-7-1-2-8-17/h4-5,10,16,18H,1-3,6-9,11H2. The quantitative estimate of drug-likeness (QED) is 0.779. The molecule has 0 amide bonds. The van der Waals surface area contributed by atoms with E-state index in [0.29, 0.717) is 17.3 Å². The largest absolute Gasteiger partial charge is 0.508 e. The average Bonchev–Trinajstić information content (AvgIpc) is 2.86. The van der Waals surface area contributed by atoms with Crippen LogP contribution in [0.25, 0.3) is 0 Å². The Labute approximate surface area is 114 Å². The minimum absolute atomic E-state index is 0.312. The molecule has 3 nitrogen and oxygen atoms in total. The fourth-order valence-corrected chi connectivity index (χ4v) is 2.55. The zero-order valence-corrected chi connectivity index (χ0v) is 11.4. The van der Waals surface area contributed by atoms with E-state index in [9.17, 15) is 5.11 Å². The number of aromatic hydroxyl groups is 1. The lowest BCUT2D eigenvalue weighted by Gasteiger charge is -2.14. The molecule has 1 aromatic rings. The van der Waals surface area contributed by atoms with Gasteiger partial charge in [-0.25, -0.2) is 0 Å². The van der Waals surface area contributed by atoms with Crippen LogP contribution in [0.3, 0.4) is 0 Å². The first-order valence-corrected chi connectivity index (χ1v) is 7.04. The van der Waals surface area contributed by atoms with Gasteiger partial charge in [0, 0.05) is 17.1 Å². The van der Waals surface area contributed by atoms with Gasteiger partial charge in [0.05, 0.1) is 0 Å². The van der Waals surface area contributed by atoms with Gasteiger partial charge in [0.2, 0.25) is 0 Å². The zero-order chi connectivity index (χ0) is 12.8. The van der Waals surface area contributed by atoms with E-state index in [2.05, 4.69) is 10.2 Å². The van der Waals surface area contributed by atoms with Crippen LogP contribution in [-0.4, -0.2) is 36.2 Å². The minimum Gasteiger partial charge on any atom is -0.508 e. The lowest BCUT2D eigenvalue weighted by atomic mass is 10.2. The van der Waals surface area contributed by atoms with Crippen molar-refractivity contribution in [3.05, 3.63) is 28.8 Å². The zero-order valence-electron chi connectivity index (χ0n) is 10.7. The Kier molecular flexibility index (Phi) is 5.29. The van der Waals surface area contributed by atoms with Gasteiger partial charge in [-0.3, -0.25) is 0 Å². The van der Waals surface area contributed by atoms with Gasteiger partial charge in [0.1, 0.15) is 5.75 Å². The van der Waals surface area contributed by atoms with Crippen LogP contribution < -0.4 is 5.32 Å². The molecule has 0 atom stereocenters. The Morgan fingerprint density at radius 2 is 2.06 bits per heavy atom. The first-order chi connectivity index (χ1) is 8.75. The molecule has 1 aliphatic heterocycles. The van der Waals surface area contributed by atoms with E-state index in [1.54, 1.807) is 12.1 Å². The minimum atomic E-state index is 0.312. The van der Waals surface area contributed by atoms with Crippen LogP contribution >= 0.6 is 11.6 Å². The molecular weight excluding hydrogens is 248 g/mol. The van der Waals surface area contributed by atoms with E-state index in [-0.39, 0.29) is 0 Å². The Bertz CT molecular complexity index is 378. The van der Waals surface area contributed by atoms with Gasteiger partial charge in [-0.05, 0) is 63.6 Å². The third-order valence-electron chi connectivity index (χ3n) is 3.38. The third-order valence-corrected chi connectivity index (χ3v) is 3.62. The molecule has 4 heteroatoms. The van der Waals surface area contributed by atoms with Crippen molar-refractivity contribution in [2.75, 3.05) is 26.2 Å². The molecule has 0 aliphatic carbocycles. The van der Waals surface area contributed by atoms with Crippen molar-refractivity contribution >= 4 is 11.6 Å². The molecule has 0 bridgehead atoms. The van der Waals surface area contributed by atoms with Crippen LogP contribution in [-0.2, 0) is 6.54 Å². The number of nitrogens with one attached hydrogen (secondary N) is 1. The molecular formula is C14H21ClN2O. The molecule has 1 aromatic carbocycles. The molecule has 0 saturated carbocycles. The maximum Gasteiger partial charge on any atom is 0.120 e. The van der Waals surface area contributed by atoms with Gasteiger partial charge in [0.25, 0.3) is 0 Å². The van der Waals surface area contributed by atoms with E-state index < -0.39 is 0 Å². The van der Waals surface area contributed by atoms with E-state index in [4.69, 9.17) is 11.6 Å². The number of rotatable bonds is 6. The number of likely N-dealkylation sites (tertiary alicyclic amines) is 1. The summed E-state index contributed by atoms with van der Waals surface area (Å²) in [5, 5.41) is 13.7. The van der Waals surface area contributed by atoms with Crippen molar-refractivity contribution in [1.29, 1.82) is 0 Å². The fraction of sp³-hybridized carbons (Fsp3) is 0.571. The first kappa shape index (κ1) is 13.7. The van der Waals surface area contributed by atoms with Gasteiger partial charge in [-0.2, -0.15) is 0 Å². The van der Waals surface area contributed by atoms with Crippen LogP contribution in [0, 0.1) is 0 Å². The van der Waals surface area contributed by atoms with Crippen molar-refractivity contribution in [2.24, 2.45) is 0 Å². The maximum absolute atomic E-state index is 9.66. The van der Waals surface area contributed by atoms with Crippen molar-refractivity contribution in [3.8, 4) is 5.75 Å². The molecule has 2 rings (SSSR count). The SMILES string of the molecule is Oc1ccc(Cl)cc1CNCCCN1CCCC1. The Morgan fingerprint density at radius 1 is 1.28 bits per heavy atom. The molecule has 2 N–H and O–H groups in total. The predicted octanol–water partition coefficient (Wildman–Crippen LogP) is 2.62. The van der Waals surface area contributed by atoms with Gasteiger partial charge in [-0.1, -0.05) is 11.6 Å². The molecule has 1 fully saturated rings. The van der Waals surface area contributed by atoms with Crippen LogP contribution in [0.1, 0.15) is 24.8 Å². The summed E-state index contributed by atoms with van der Waals surface area (Å²) < 4.78 is 0. The van der Waals surface area contributed by atoms with E-state index in [1.807, 2.05) is 6.07 Å². The Balaban J connectivity index is 1.64. The van der Waals surface area contributed by atoms with Crippen molar-refractivity contribution in [1.82, 2.24) is 10.2 Å². The molecule has 1 saturated heterocycles. The molecule has 1 aliphatic rings. The van der Waals surface area contributed by atoms with Crippen LogP contribution in [0.15, 0.2) is 18.2 Å². The second kappa shape index (κ2) is 6.98. The molecule has 0 radical (unpaired) electrons. The summed E-state index contributed by atoms with van der Waals surface area (Å²) >= 11 is 5.90. The molecule has 1 heterocycles. The molecule has 0 aromatic heterocycles. The third kappa shape index (κ3) is 4.16. The first-order valence-electron chi connectivity index (χ1n) is 6.66. The number of halogens is 1. The topological polar surface area (TPSA) is 35.5 Å². The van der Waals surface area contributed by atoms with Crippen molar-refractivity contribution in [2.45, 2.75) is 25.8 Å². The molecule has 0 spiro atoms. The van der Waals surface area contributed by atoms with Gasteiger partial charge >= 0.3 is 0 Å². The number of nitrogens with zero attached hydrogens (tertiary/aromatic N) is 1. The van der Waals surface area contributed by atoms with Crippen LogP contribution in [0.2, 0.25) is 5.02 Å². The van der Waals surface area contributed by atoms with Crippen LogP contribution in [0.5, 0.6) is 5.75 Å². The summed E-state index contributed by atoms with van der Waals surface area (Å²) in [4.78, 5) is 2.51. The highest BCUT2D eigenvalue weighted by Crippen LogP contribution is 2.21. The predicted molar refractivity (Wildman–Crippen MR) is 75.1 cm³/mol. The monoisotopic (exact) mass is 268 g/mol. The smallest absolute Gasteiger partial charge is 0.120 e. The second-order valence-electron chi connectivity index (χ2n) is 4.85. The summed E-state index contributed by atoms with van der Waals surface area (Å²) in [5.41, 5.74) is 0.865. The molecule has 0 unspecified atom stereocenters. The van der Waals surface area contributed by atoms with Crippen molar-refractivity contribution < 1.29 is 5.11 Å². The summed E-state index contributed by atoms with van der Waals surface area (Å²) in [6.07, 6.45) is 3.86. The summed E-state index contributed by atoms with van der Waals surface area (Å²) in [6, 6.07) is 5.15. The Hall–Kier alpha value is -0.770. The number of phenolic OH excluding ortho intramolecular Hbond substituents is 1. The van der Waals surface area contributed by atoms with Crippen LogP contribution in [0.4, 0.5) is 0 Å². The summed E-state index contributed by atoms with van der Waals surface area (Å²) in [7, 11) is 0. The lowest BCUT2D eigenvalue weighted by molar-refractivity contribution is 0.331. The fourth-order valence-electron chi connectivity index (χ4n) is 2.35. The van der Waals surface area contributed by atoms with Gasteiger partial charge in [0.15, 0.2) is 0 Å². The highest BCUT2D eigenvalue weighted by Gasteiger charge is 2.10. The summed E-state index contributed by atoms with van der Waals surface area (Å²) in [6.45, 7) is 5.34. The van der Waals surface area contributed by atoms with E-state index in [0.717, 1.165) is 18.5 Å². The normalized spacial score (nSPS) is 16.3. The number of hydrogen-bond acceptors (Lipinski definition) is 3. The van der Waals surface area contributed by atoms with Gasteiger partial charge < -0.3 is 15.3 Å². The molecule has 100 valence electrons. The number of phenols is 1.